The molecular formula is C14H31N3. The quantitative estimate of drug-likeness (QED) is 0.668. The predicted molar refractivity (Wildman–Crippen MR) is 75.2 cm³/mol. The summed E-state index contributed by atoms with van der Waals surface area (Å²) in [6.07, 6.45) is 5.18. The summed E-state index contributed by atoms with van der Waals surface area (Å²) in [7, 11) is 4.30. The van der Waals surface area contributed by atoms with Gasteiger partial charge in [0.25, 0.3) is 0 Å². The molecule has 1 fully saturated rings. The van der Waals surface area contributed by atoms with E-state index >= 15 is 0 Å². The van der Waals surface area contributed by atoms with Crippen LogP contribution in [0.4, 0.5) is 0 Å². The lowest BCUT2D eigenvalue weighted by atomic mass is 9.87. The molecule has 1 rings (SSSR count). The first-order chi connectivity index (χ1) is 8.10. The summed E-state index contributed by atoms with van der Waals surface area (Å²) in [5.41, 5.74) is 6.43. The number of likely N-dealkylation sites (N-methyl/N-ethyl adjacent to an activating group) is 1. The first-order valence-electron chi connectivity index (χ1n) is 7.20. The van der Waals surface area contributed by atoms with E-state index in [2.05, 4.69) is 37.7 Å². The van der Waals surface area contributed by atoms with Crippen LogP contribution in [-0.2, 0) is 0 Å². The van der Waals surface area contributed by atoms with Crippen molar-refractivity contribution in [1.82, 2.24) is 9.80 Å². The molecule has 0 aromatic carbocycles. The number of nitrogens with zero attached hydrogens (tertiary/aromatic N) is 2. The van der Waals surface area contributed by atoms with E-state index in [-0.39, 0.29) is 5.54 Å². The summed E-state index contributed by atoms with van der Waals surface area (Å²) in [6, 6.07) is 0. The van der Waals surface area contributed by atoms with Crippen molar-refractivity contribution >= 4 is 0 Å². The van der Waals surface area contributed by atoms with Crippen LogP contribution >= 0.6 is 0 Å². The smallest absolute Gasteiger partial charge is 0.0357 e. The molecule has 0 aliphatic heterocycles. The Labute approximate surface area is 107 Å². The maximum absolute atomic E-state index is 6.14. The Hall–Kier alpha value is -0.120. The van der Waals surface area contributed by atoms with E-state index in [1.165, 1.54) is 32.2 Å². The molecule has 1 saturated carbocycles. The van der Waals surface area contributed by atoms with Gasteiger partial charge in [-0.1, -0.05) is 13.8 Å². The highest BCUT2D eigenvalue weighted by atomic mass is 15.2. The summed E-state index contributed by atoms with van der Waals surface area (Å²) in [5.74, 6) is 0.853. The molecule has 0 bridgehead atoms. The minimum absolute atomic E-state index is 0.284. The van der Waals surface area contributed by atoms with E-state index in [1.54, 1.807) is 0 Å². The Morgan fingerprint density at radius 1 is 1.12 bits per heavy atom. The van der Waals surface area contributed by atoms with Crippen LogP contribution in [0, 0.1) is 5.92 Å². The zero-order valence-corrected chi connectivity index (χ0v) is 12.2. The summed E-state index contributed by atoms with van der Waals surface area (Å²) in [6.45, 7) is 8.88. The first kappa shape index (κ1) is 14.9. The molecule has 102 valence electrons. The summed E-state index contributed by atoms with van der Waals surface area (Å²) >= 11 is 0. The van der Waals surface area contributed by atoms with Crippen LogP contribution in [0.5, 0.6) is 0 Å². The number of nitrogens with two attached hydrogens (primary N) is 1. The number of hydrogen-bond acceptors (Lipinski definition) is 3. The fourth-order valence-corrected chi connectivity index (χ4v) is 2.98. The average Bonchev–Trinajstić information content (AvgIpc) is 3.12. The molecule has 0 amide bonds. The zero-order valence-electron chi connectivity index (χ0n) is 12.2. The van der Waals surface area contributed by atoms with Gasteiger partial charge in [0, 0.05) is 25.2 Å². The molecule has 1 atom stereocenters. The minimum Gasteiger partial charge on any atom is -0.329 e. The van der Waals surface area contributed by atoms with Crippen molar-refractivity contribution < 1.29 is 0 Å². The molecule has 0 spiro atoms. The maximum Gasteiger partial charge on any atom is 0.0357 e. The molecule has 0 aromatic rings. The van der Waals surface area contributed by atoms with Gasteiger partial charge < -0.3 is 10.6 Å². The van der Waals surface area contributed by atoms with Crippen molar-refractivity contribution in [1.29, 1.82) is 0 Å². The molecule has 1 aliphatic carbocycles. The van der Waals surface area contributed by atoms with Crippen LogP contribution in [0.1, 0.15) is 39.5 Å². The molecule has 1 unspecified atom stereocenters. The molecular weight excluding hydrogens is 210 g/mol. The largest absolute Gasteiger partial charge is 0.329 e. The molecule has 0 aromatic heterocycles. The molecule has 1 aliphatic rings. The second-order valence-corrected chi connectivity index (χ2v) is 5.73. The van der Waals surface area contributed by atoms with Gasteiger partial charge in [0.05, 0.1) is 0 Å². The van der Waals surface area contributed by atoms with Crippen molar-refractivity contribution in [3.05, 3.63) is 0 Å². The molecule has 2 N–H and O–H groups in total. The predicted octanol–water partition coefficient (Wildman–Crippen LogP) is 1.78. The van der Waals surface area contributed by atoms with Crippen LogP contribution in [0.15, 0.2) is 0 Å². The Morgan fingerprint density at radius 3 is 2.12 bits per heavy atom. The van der Waals surface area contributed by atoms with Gasteiger partial charge >= 0.3 is 0 Å². The summed E-state index contributed by atoms with van der Waals surface area (Å²) < 4.78 is 0. The SMILES string of the molecule is CCCN(CCN(C)C)C(CC)(CN)C1CC1. The van der Waals surface area contributed by atoms with E-state index in [1.807, 2.05) is 0 Å². The maximum atomic E-state index is 6.14. The first-order valence-corrected chi connectivity index (χ1v) is 7.20. The van der Waals surface area contributed by atoms with Gasteiger partial charge in [0.2, 0.25) is 0 Å². The minimum atomic E-state index is 0.284. The monoisotopic (exact) mass is 241 g/mol. The fraction of sp³-hybridized carbons (Fsp3) is 1.00. The topological polar surface area (TPSA) is 32.5 Å². The lowest BCUT2D eigenvalue weighted by Gasteiger charge is -2.44. The van der Waals surface area contributed by atoms with Gasteiger partial charge in [-0.3, -0.25) is 4.90 Å². The van der Waals surface area contributed by atoms with Crippen LogP contribution in [0.25, 0.3) is 0 Å². The van der Waals surface area contributed by atoms with Gasteiger partial charge in [0.1, 0.15) is 0 Å². The molecule has 0 saturated heterocycles. The third-order valence-electron chi connectivity index (χ3n) is 4.24. The van der Waals surface area contributed by atoms with E-state index in [0.717, 1.165) is 25.6 Å². The van der Waals surface area contributed by atoms with Gasteiger partial charge in [0.15, 0.2) is 0 Å². The van der Waals surface area contributed by atoms with E-state index < -0.39 is 0 Å². The zero-order chi connectivity index (χ0) is 12.9. The normalized spacial score (nSPS) is 19.9. The van der Waals surface area contributed by atoms with E-state index in [0.29, 0.717) is 0 Å². The average molecular weight is 241 g/mol. The summed E-state index contributed by atoms with van der Waals surface area (Å²) in [5, 5.41) is 0. The Morgan fingerprint density at radius 2 is 1.76 bits per heavy atom. The molecule has 3 heteroatoms. The van der Waals surface area contributed by atoms with Gasteiger partial charge in [-0.15, -0.1) is 0 Å². The fourth-order valence-electron chi connectivity index (χ4n) is 2.98. The van der Waals surface area contributed by atoms with Crippen molar-refractivity contribution in [2.75, 3.05) is 40.3 Å². The van der Waals surface area contributed by atoms with Gasteiger partial charge in [-0.05, 0) is 52.2 Å². The Bertz CT molecular complexity index is 208. The van der Waals surface area contributed by atoms with Crippen LogP contribution < -0.4 is 5.73 Å². The highest BCUT2D eigenvalue weighted by Crippen LogP contribution is 2.44. The Balaban J connectivity index is 2.69. The molecule has 0 radical (unpaired) electrons. The highest BCUT2D eigenvalue weighted by Gasteiger charge is 2.46. The molecule has 3 nitrogen and oxygen atoms in total. The number of hydrogen-bond donors (Lipinski definition) is 1. The summed E-state index contributed by atoms with van der Waals surface area (Å²) in [4.78, 5) is 4.94. The lowest BCUT2D eigenvalue weighted by molar-refractivity contribution is 0.0615. The van der Waals surface area contributed by atoms with Crippen molar-refractivity contribution in [3.8, 4) is 0 Å². The van der Waals surface area contributed by atoms with Crippen LogP contribution in [0.2, 0.25) is 0 Å². The molecule has 0 heterocycles. The van der Waals surface area contributed by atoms with Crippen molar-refractivity contribution in [2.24, 2.45) is 11.7 Å². The molecule has 17 heavy (non-hydrogen) atoms. The van der Waals surface area contributed by atoms with Gasteiger partial charge in [-0.2, -0.15) is 0 Å². The lowest BCUT2D eigenvalue weighted by Crippen LogP contribution is -2.57. The van der Waals surface area contributed by atoms with Crippen molar-refractivity contribution in [2.45, 2.75) is 45.1 Å². The number of rotatable bonds is 9. The third kappa shape index (κ3) is 3.67. The third-order valence-corrected chi connectivity index (χ3v) is 4.24. The van der Waals surface area contributed by atoms with Crippen molar-refractivity contribution in [3.63, 3.8) is 0 Å². The van der Waals surface area contributed by atoms with E-state index in [9.17, 15) is 0 Å². The second kappa shape index (κ2) is 6.72. The van der Waals surface area contributed by atoms with Crippen LogP contribution in [0.3, 0.4) is 0 Å². The van der Waals surface area contributed by atoms with Crippen LogP contribution in [-0.4, -0.2) is 55.6 Å². The van der Waals surface area contributed by atoms with Gasteiger partial charge in [-0.25, -0.2) is 0 Å². The van der Waals surface area contributed by atoms with E-state index in [4.69, 9.17) is 5.73 Å². The Kier molecular flexibility index (Phi) is 5.90. The second-order valence-electron chi connectivity index (χ2n) is 5.73. The standard InChI is InChI=1S/C14H31N3/c1-5-9-17(11-10-16(3)4)14(6-2,12-15)13-7-8-13/h13H,5-12,15H2,1-4H3. The highest BCUT2D eigenvalue weighted by molar-refractivity contribution is 5.02.